The molecule has 1 heterocycles. The van der Waals surface area contributed by atoms with Crippen LogP contribution < -0.4 is 0 Å². The van der Waals surface area contributed by atoms with Gasteiger partial charge in [0.25, 0.3) is 0 Å². The maximum Gasteiger partial charge on any atom is 0.312 e. The molecule has 7 heteroatoms. The Morgan fingerprint density at radius 2 is 1.68 bits per heavy atom. The maximum atomic E-state index is 13.9. The number of hydrogen-bond acceptors (Lipinski definition) is 3. The van der Waals surface area contributed by atoms with Crippen LogP contribution in [0.5, 0.6) is 0 Å². The van der Waals surface area contributed by atoms with Gasteiger partial charge in [-0.2, -0.15) is 0 Å². The van der Waals surface area contributed by atoms with Gasteiger partial charge in [0.1, 0.15) is 0 Å². The number of likely N-dealkylation sites (tertiary alicyclic amines) is 1. The van der Waals surface area contributed by atoms with Crippen LogP contribution >= 0.6 is 0 Å². The van der Waals surface area contributed by atoms with Crippen LogP contribution in [-0.4, -0.2) is 40.1 Å². The molecule has 118 valence electrons. The first kappa shape index (κ1) is 14.9. The van der Waals surface area contributed by atoms with E-state index in [0.717, 1.165) is 0 Å². The molecule has 1 aromatic carbocycles. The molecule has 3 rings (SSSR count). The predicted octanol–water partition coefficient (Wildman–Crippen LogP) is 1.63. The van der Waals surface area contributed by atoms with E-state index in [1.807, 2.05) is 0 Å². The lowest BCUT2D eigenvalue weighted by atomic mass is 9.97. The largest absolute Gasteiger partial charge is 0.481 e. The van der Waals surface area contributed by atoms with Crippen LogP contribution in [0.1, 0.15) is 17.5 Å². The number of nitrogens with zero attached hydrogens (tertiary/aromatic N) is 1. The van der Waals surface area contributed by atoms with Gasteiger partial charge in [0.15, 0.2) is 11.6 Å². The van der Waals surface area contributed by atoms with Crippen molar-refractivity contribution < 1.29 is 28.6 Å². The zero-order valence-corrected chi connectivity index (χ0v) is 11.9. The van der Waals surface area contributed by atoms with Crippen molar-refractivity contribution in [2.45, 2.75) is 19.9 Å². The lowest BCUT2D eigenvalue weighted by Gasteiger charge is -2.20. The molecule has 2 atom stereocenters. The van der Waals surface area contributed by atoms with Gasteiger partial charge in [-0.25, -0.2) is 8.78 Å². The minimum absolute atomic E-state index is 0.00685. The number of hydrogen-bond donors (Lipinski definition) is 2. The summed E-state index contributed by atoms with van der Waals surface area (Å²) in [5, 5.41) is 18.6. The molecular weight excluding hydrogens is 296 g/mol. The molecule has 0 amide bonds. The average molecular weight is 311 g/mol. The smallest absolute Gasteiger partial charge is 0.312 e. The fourth-order valence-electron chi connectivity index (χ4n) is 3.56. The quantitative estimate of drug-likeness (QED) is 0.884. The van der Waals surface area contributed by atoms with Crippen LogP contribution in [0.15, 0.2) is 12.1 Å². The summed E-state index contributed by atoms with van der Waals surface area (Å²) in [6.45, 7) is 1.51. The van der Waals surface area contributed by atoms with Gasteiger partial charge in [-0.05, 0) is 18.9 Å². The van der Waals surface area contributed by atoms with Crippen molar-refractivity contribution in [2.75, 3.05) is 13.1 Å². The van der Waals surface area contributed by atoms with Gasteiger partial charge in [0.2, 0.25) is 0 Å². The van der Waals surface area contributed by atoms with Gasteiger partial charge in [0, 0.05) is 25.2 Å². The van der Waals surface area contributed by atoms with Crippen LogP contribution in [0, 0.1) is 29.4 Å². The second-order valence-corrected chi connectivity index (χ2v) is 6.27. The Hall–Kier alpha value is -2.02. The van der Waals surface area contributed by atoms with Crippen molar-refractivity contribution in [3.8, 4) is 0 Å². The van der Waals surface area contributed by atoms with E-state index >= 15 is 0 Å². The molecule has 0 aromatic heterocycles. The summed E-state index contributed by atoms with van der Waals surface area (Å²) in [6, 6.07) is 2.89. The Morgan fingerprint density at radius 3 is 2.18 bits per heavy atom. The van der Waals surface area contributed by atoms with Crippen LogP contribution in [0.25, 0.3) is 0 Å². The van der Waals surface area contributed by atoms with Crippen LogP contribution in [-0.2, 0) is 16.1 Å². The van der Waals surface area contributed by atoms with Crippen LogP contribution in [0.3, 0.4) is 0 Å². The first-order chi connectivity index (χ1) is 10.2. The third-order valence-corrected chi connectivity index (χ3v) is 4.95. The fourth-order valence-corrected chi connectivity index (χ4v) is 3.56. The Labute approximate surface area is 125 Å². The highest BCUT2D eigenvalue weighted by Crippen LogP contribution is 2.68. The van der Waals surface area contributed by atoms with Gasteiger partial charge in [-0.1, -0.05) is 12.1 Å². The molecule has 0 radical (unpaired) electrons. The summed E-state index contributed by atoms with van der Waals surface area (Å²) in [6.07, 6.45) is 0.0892. The lowest BCUT2D eigenvalue weighted by molar-refractivity contribution is -0.151. The molecule has 2 aliphatic rings. The summed E-state index contributed by atoms with van der Waals surface area (Å²) >= 11 is 0. The van der Waals surface area contributed by atoms with Crippen molar-refractivity contribution in [1.29, 1.82) is 0 Å². The highest BCUT2D eigenvalue weighted by Gasteiger charge is 2.80. The van der Waals surface area contributed by atoms with Crippen LogP contribution in [0.2, 0.25) is 0 Å². The van der Waals surface area contributed by atoms with E-state index in [1.54, 1.807) is 4.90 Å². The fraction of sp³-hybridized carbons (Fsp3) is 0.467. The summed E-state index contributed by atoms with van der Waals surface area (Å²) < 4.78 is 27.5. The number of piperidine rings is 1. The van der Waals surface area contributed by atoms with E-state index in [-0.39, 0.29) is 37.2 Å². The highest BCUT2D eigenvalue weighted by atomic mass is 19.2. The number of carboxylic acid groups (broad SMARTS) is 2. The lowest BCUT2D eigenvalue weighted by Crippen LogP contribution is -2.28. The standard InChI is InChI=1S/C15H15F2NO4/c1-8-2-3-9(11(17)10(8)16)4-18-6-14(12(19)20)5-15(14,7-18)13(21)22/h2-3H,4-7H2,1H3,(H,19,20)(H,21,22)/t14-,15+. The number of aryl methyl sites for hydroxylation is 1. The molecule has 5 nitrogen and oxygen atoms in total. The molecule has 0 unspecified atom stereocenters. The zero-order valence-electron chi connectivity index (χ0n) is 11.9. The van der Waals surface area contributed by atoms with E-state index in [0.29, 0.717) is 0 Å². The SMILES string of the molecule is Cc1ccc(CN2C[C@@]3(C(=O)O)C[C@@]3(C(=O)O)C2)c(F)c1F. The monoisotopic (exact) mass is 311 g/mol. The maximum absolute atomic E-state index is 13.9. The zero-order chi connectivity index (χ0) is 16.3. The summed E-state index contributed by atoms with van der Waals surface area (Å²) in [5.74, 6) is -4.18. The molecule has 2 fully saturated rings. The van der Waals surface area contributed by atoms with Gasteiger partial charge in [0.05, 0.1) is 10.8 Å². The molecule has 1 saturated heterocycles. The molecule has 1 aromatic rings. The number of aliphatic carboxylic acids is 2. The minimum Gasteiger partial charge on any atom is -0.481 e. The van der Waals surface area contributed by atoms with E-state index < -0.39 is 34.4 Å². The highest BCUT2D eigenvalue weighted by molar-refractivity contribution is 5.94. The Kier molecular flexibility index (Phi) is 3.04. The van der Waals surface area contributed by atoms with Crippen molar-refractivity contribution in [1.82, 2.24) is 4.90 Å². The topological polar surface area (TPSA) is 77.8 Å². The summed E-state index contributed by atoms with van der Waals surface area (Å²) in [4.78, 5) is 24.4. The first-order valence-corrected chi connectivity index (χ1v) is 6.86. The number of benzene rings is 1. The van der Waals surface area contributed by atoms with Gasteiger partial charge in [-0.3, -0.25) is 14.5 Å². The Bertz CT molecular complexity index is 664. The van der Waals surface area contributed by atoms with Crippen molar-refractivity contribution >= 4 is 11.9 Å². The van der Waals surface area contributed by atoms with Gasteiger partial charge >= 0.3 is 11.9 Å². The number of carbonyl (C=O) groups is 2. The molecule has 1 saturated carbocycles. The second kappa shape index (κ2) is 4.49. The predicted molar refractivity (Wildman–Crippen MR) is 71.1 cm³/mol. The Morgan fingerprint density at radius 1 is 1.14 bits per heavy atom. The molecule has 1 aliphatic heterocycles. The number of carboxylic acids is 2. The molecule has 0 bridgehead atoms. The van der Waals surface area contributed by atoms with E-state index in [4.69, 9.17) is 0 Å². The second-order valence-electron chi connectivity index (χ2n) is 6.27. The Balaban J connectivity index is 1.84. The molecule has 2 N–H and O–H groups in total. The minimum atomic E-state index is -1.31. The third kappa shape index (κ3) is 1.78. The molecule has 0 spiro atoms. The van der Waals surface area contributed by atoms with Crippen LogP contribution in [0.4, 0.5) is 8.78 Å². The molecular formula is C15H15F2NO4. The third-order valence-electron chi connectivity index (χ3n) is 4.95. The van der Waals surface area contributed by atoms with Crippen molar-refractivity contribution in [3.63, 3.8) is 0 Å². The number of fused-ring (bicyclic) bond motifs is 1. The first-order valence-electron chi connectivity index (χ1n) is 6.86. The van der Waals surface area contributed by atoms with Crippen molar-refractivity contribution in [3.05, 3.63) is 34.9 Å². The normalized spacial score (nSPS) is 30.1. The van der Waals surface area contributed by atoms with E-state index in [9.17, 15) is 28.6 Å². The summed E-state index contributed by atoms with van der Waals surface area (Å²) in [5.41, 5.74) is -2.32. The molecule has 1 aliphatic carbocycles. The van der Waals surface area contributed by atoms with E-state index in [1.165, 1.54) is 19.1 Å². The number of halogens is 2. The summed E-state index contributed by atoms with van der Waals surface area (Å²) in [7, 11) is 0. The number of rotatable bonds is 4. The van der Waals surface area contributed by atoms with Gasteiger partial charge < -0.3 is 10.2 Å². The van der Waals surface area contributed by atoms with E-state index in [2.05, 4.69) is 0 Å². The average Bonchev–Trinajstić information content (AvgIpc) is 3.00. The van der Waals surface area contributed by atoms with Crippen molar-refractivity contribution in [2.24, 2.45) is 10.8 Å². The molecule has 22 heavy (non-hydrogen) atoms. The van der Waals surface area contributed by atoms with Gasteiger partial charge in [-0.15, -0.1) is 0 Å².